The highest BCUT2D eigenvalue weighted by molar-refractivity contribution is 7.93. The Hall–Kier alpha value is -1.64. The number of allylic oxidation sites excluding steroid dienone is 3. The van der Waals surface area contributed by atoms with E-state index < -0.39 is 15.4 Å². The molecule has 0 saturated carbocycles. The van der Waals surface area contributed by atoms with Gasteiger partial charge in [-0.05, 0) is 31.7 Å². The standard InChI is InChI=1S/C19H27N3O3S2/c1-13-11-26-16(20-13)19(12-22(19)17(23)18(2,3)4)10-14-6-8-15(9-7-14)21-27(5,24)25/h6,8,11H,5,7,9-10,12H2,1-4H3,(H2,21,24,25). The van der Waals surface area contributed by atoms with Gasteiger partial charge in [0.2, 0.25) is 5.91 Å². The molecule has 3 rings (SSSR count). The number of nitrogens with one attached hydrogen (secondary N) is 1. The smallest absolute Gasteiger partial charge is 0.228 e. The van der Waals surface area contributed by atoms with Crippen LogP contribution in [0.1, 0.15) is 50.7 Å². The summed E-state index contributed by atoms with van der Waals surface area (Å²) in [5.74, 6) is 3.35. The van der Waals surface area contributed by atoms with Crippen molar-refractivity contribution < 1.29 is 13.6 Å². The third-order valence-corrected chi connectivity index (χ3v) is 6.52. The maximum absolute atomic E-state index is 12.9. The molecule has 1 aliphatic heterocycles. The van der Waals surface area contributed by atoms with Crippen molar-refractivity contribution in [1.82, 2.24) is 14.6 Å². The first-order valence-corrected chi connectivity index (χ1v) is 11.5. The Bertz CT molecular complexity index is 922. The molecule has 148 valence electrons. The Labute approximate surface area is 165 Å². The summed E-state index contributed by atoms with van der Waals surface area (Å²) in [6.45, 7) is 8.48. The zero-order valence-corrected chi connectivity index (χ0v) is 17.9. The second kappa shape index (κ2) is 6.76. The minimum absolute atomic E-state index is 0.140. The van der Waals surface area contributed by atoms with Crippen LogP contribution >= 0.6 is 11.3 Å². The number of aryl methyl sites for hydroxylation is 1. The lowest BCUT2D eigenvalue weighted by atomic mass is 9.91. The summed E-state index contributed by atoms with van der Waals surface area (Å²) >= 11 is 1.61. The first-order valence-electron chi connectivity index (χ1n) is 8.91. The first-order chi connectivity index (χ1) is 12.4. The number of aromatic nitrogens is 1. The average Bonchev–Trinajstić information content (AvgIpc) is 3.08. The molecule has 6 nitrogen and oxygen atoms in total. The van der Waals surface area contributed by atoms with Crippen molar-refractivity contribution in [3.8, 4) is 0 Å². The molecule has 2 heterocycles. The Balaban J connectivity index is 1.84. The number of amides is 1. The fourth-order valence-corrected chi connectivity index (χ4v) is 4.95. The number of nitrogens with zero attached hydrogens (tertiary/aromatic N) is 2. The van der Waals surface area contributed by atoms with E-state index in [1.54, 1.807) is 11.3 Å². The van der Waals surface area contributed by atoms with Gasteiger partial charge in [0.15, 0.2) is 9.99 Å². The van der Waals surface area contributed by atoms with Crippen LogP contribution in [0.2, 0.25) is 0 Å². The monoisotopic (exact) mass is 409 g/mol. The lowest BCUT2D eigenvalue weighted by molar-refractivity contribution is -0.135. The molecular formula is C19H27N3O3S2. The van der Waals surface area contributed by atoms with Crippen LogP contribution in [0.25, 0.3) is 0 Å². The quantitative estimate of drug-likeness (QED) is 0.578. The van der Waals surface area contributed by atoms with Crippen molar-refractivity contribution in [2.24, 2.45) is 5.41 Å². The summed E-state index contributed by atoms with van der Waals surface area (Å²) in [7, 11) is -3.25. The van der Waals surface area contributed by atoms with Gasteiger partial charge >= 0.3 is 0 Å². The predicted octanol–water partition coefficient (Wildman–Crippen LogP) is 3.22. The van der Waals surface area contributed by atoms with E-state index in [1.165, 1.54) is 5.57 Å². The maximum Gasteiger partial charge on any atom is 0.228 e. The van der Waals surface area contributed by atoms with E-state index in [-0.39, 0.29) is 11.4 Å². The van der Waals surface area contributed by atoms with Crippen LogP contribution in [0.15, 0.2) is 28.8 Å². The molecule has 1 fully saturated rings. The number of hydrogen-bond acceptors (Lipinski definition) is 4. The van der Waals surface area contributed by atoms with Gasteiger partial charge in [0.05, 0.1) is 6.54 Å². The molecule has 0 spiro atoms. The fraction of sp³-hybridized carbons (Fsp3) is 0.526. The Morgan fingerprint density at radius 3 is 2.63 bits per heavy atom. The normalized spacial score (nSPS) is 24.7. The van der Waals surface area contributed by atoms with E-state index in [4.69, 9.17) is 0 Å². The van der Waals surface area contributed by atoms with E-state index in [0.29, 0.717) is 18.7 Å². The van der Waals surface area contributed by atoms with Crippen LogP contribution in [0.5, 0.6) is 0 Å². The number of thiazole rings is 1. The highest BCUT2D eigenvalue weighted by atomic mass is 32.2. The molecule has 1 aromatic heterocycles. The van der Waals surface area contributed by atoms with Crippen LogP contribution in [0, 0.1) is 12.3 Å². The highest BCUT2D eigenvalue weighted by Crippen LogP contribution is 2.51. The molecule has 1 aromatic rings. The number of carbonyl (C=O) groups is 1. The van der Waals surface area contributed by atoms with Gasteiger partial charge in [-0.2, -0.15) is 0 Å². The van der Waals surface area contributed by atoms with Gasteiger partial charge in [-0.25, -0.2) is 9.19 Å². The number of hydrogen-bond donors (Lipinski definition) is 2. The van der Waals surface area contributed by atoms with Crippen LogP contribution in [-0.2, 0) is 20.3 Å². The molecule has 1 amide bonds. The molecule has 27 heavy (non-hydrogen) atoms. The first kappa shape index (κ1) is 20.1. The molecule has 2 N–H and O–H groups in total. The summed E-state index contributed by atoms with van der Waals surface area (Å²) in [6, 6.07) is 0. The van der Waals surface area contributed by atoms with Crippen LogP contribution in [0.3, 0.4) is 0 Å². The summed E-state index contributed by atoms with van der Waals surface area (Å²) in [5, 5.41) is 3.01. The molecule has 2 atom stereocenters. The van der Waals surface area contributed by atoms with E-state index >= 15 is 0 Å². The molecule has 1 saturated heterocycles. The summed E-state index contributed by atoms with van der Waals surface area (Å²) < 4.78 is 23.3. The van der Waals surface area contributed by atoms with E-state index in [2.05, 4.69) is 15.6 Å². The fourth-order valence-electron chi connectivity index (χ4n) is 3.37. The molecule has 0 aromatic carbocycles. The lowest BCUT2D eigenvalue weighted by Gasteiger charge is -2.24. The molecule has 2 aliphatic rings. The summed E-state index contributed by atoms with van der Waals surface area (Å²) in [4.78, 5) is 19.5. The van der Waals surface area contributed by atoms with Gasteiger partial charge in [0.25, 0.3) is 0 Å². The average molecular weight is 410 g/mol. The molecular weight excluding hydrogens is 382 g/mol. The Morgan fingerprint density at radius 1 is 1.44 bits per heavy atom. The lowest BCUT2D eigenvalue weighted by Crippen LogP contribution is -2.32. The molecule has 8 heteroatoms. The third-order valence-electron chi connectivity index (χ3n) is 4.78. The third kappa shape index (κ3) is 4.44. The van der Waals surface area contributed by atoms with Gasteiger partial charge in [0, 0.05) is 28.6 Å². The van der Waals surface area contributed by atoms with E-state index in [0.717, 1.165) is 23.5 Å². The maximum atomic E-state index is 12.9. The Kier molecular flexibility index (Phi) is 5.03. The van der Waals surface area contributed by atoms with Gasteiger partial charge in [0.1, 0.15) is 10.5 Å². The van der Waals surface area contributed by atoms with Crippen molar-refractivity contribution >= 4 is 33.1 Å². The van der Waals surface area contributed by atoms with Crippen LogP contribution < -0.4 is 4.72 Å². The zero-order chi connectivity index (χ0) is 20.0. The predicted molar refractivity (Wildman–Crippen MR) is 111 cm³/mol. The summed E-state index contributed by atoms with van der Waals surface area (Å²) in [6.07, 6.45) is 5.98. The zero-order valence-electron chi connectivity index (χ0n) is 16.2. The van der Waals surface area contributed by atoms with Crippen LogP contribution in [-0.4, -0.2) is 37.0 Å². The second-order valence-corrected chi connectivity index (χ2v) is 10.7. The van der Waals surface area contributed by atoms with Crippen molar-refractivity contribution in [3.63, 3.8) is 0 Å². The molecule has 2 unspecified atom stereocenters. The molecule has 0 bridgehead atoms. The largest absolute Gasteiger partial charge is 0.325 e. The SMILES string of the molecule is C=S(=O)(O)NC1=CC=C(CC2(c3nc(C)cs3)CN2C(=O)C(C)(C)C)CC1. The van der Waals surface area contributed by atoms with Gasteiger partial charge < -0.3 is 4.90 Å². The number of carbonyl (C=O) groups excluding carboxylic acids is 1. The van der Waals surface area contributed by atoms with Gasteiger partial charge in [-0.3, -0.25) is 14.1 Å². The minimum Gasteiger partial charge on any atom is -0.325 e. The second-order valence-electron chi connectivity index (χ2n) is 8.40. The van der Waals surface area contributed by atoms with Gasteiger partial charge in [-0.15, -0.1) is 11.3 Å². The van der Waals surface area contributed by atoms with Crippen molar-refractivity contribution in [3.05, 3.63) is 39.5 Å². The van der Waals surface area contributed by atoms with Gasteiger partial charge in [-0.1, -0.05) is 32.4 Å². The number of rotatable bonds is 5. The van der Waals surface area contributed by atoms with Crippen LogP contribution in [0.4, 0.5) is 0 Å². The van der Waals surface area contributed by atoms with Crippen molar-refractivity contribution in [2.45, 2.75) is 52.5 Å². The minimum atomic E-state index is -3.25. The highest BCUT2D eigenvalue weighted by Gasteiger charge is 2.59. The Morgan fingerprint density at radius 2 is 2.15 bits per heavy atom. The molecule has 0 radical (unpaired) electrons. The summed E-state index contributed by atoms with van der Waals surface area (Å²) in [5.41, 5.74) is 2.11. The van der Waals surface area contributed by atoms with E-state index in [1.807, 2.05) is 50.1 Å². The van der Waals surface area contributed by atoms with Crippen molar-refractivity contribution in [2.75, 3.05) is 6.54 Å². The van der Waals surface area contributed by atoms with Crippen molar-refractivity contribution in [1.29, 1.82) is 0 Å². The topological polar surface area (TPSA) is 82.3 Å². The van der Waals surface area contributed by atoms with E-state index in [9.17, 15) is 13.6 Å². The molecule has 1 aliphatic carbocycles.